The minimum Gasteiger partial charge on any atom is -0.506 e. The Labute approximate surface area is 154 Å². The van der Waals surface area contributed by atoms with Crippen LogP contribution in [0, 0.1) is 0 Å². The second kappa shape index (κ2) is 8.13. The summed E-state index contributed by atoms with van der Waals surface area (Å²) in [6.45, 7) is 0. The minimum absolute atomic E-state index is 0.0503. The molecule has 0 unspecified atom stereocenters. The standard InChI is InChI=1S/C20H16N2O3S/c23-18-11-5-4-10-16(18)21-20(25)17(13-15-9-6-12-26-15)22-19(24)14-7-2-1-3-8-14/h1-13,23H,(H,21,25)(H,22,24)/b17-13+. The number of amides is 2. The molecule has 130 valence electrons. The van der Waals surface area contributed by atoms with Gasteiger partial charge in [0, 0.05) is 10.4 Å². The lowest BCUT2D eigenvalue weighted by molar-refractivity contribution is -0.113. The number of para-hydroxylation sites is 2. The fourth-order valence-electron chi connectivity index (χ4n) is 2.23. The van der Waals surface area contributed by atoms with E-state index in [4.69, 9.17) is 0 Å². The van der Waals surface area contributed by atoms with Gasteiger partial charge in [-0.1, -0.05) is 36.4 Å². The van der Waals surface area contributed by atoms with Crippen LogP contribution in [-0.4, -0.2) is 16.9 Å². The lowest BCUT2D eigenvalue weighted by Gasteiger charge is -2.11. The first kappa shape index (κ1) is 17.4. The average molecular weight is 364 g/mol. The van der Waals surface area contributed by atoms with Crippen molar-refractivity contribution in [2.45, 2.75) is 0 Å². The van der Waals surface area contributed by atoms with Crippen molar-refractivity contribution in [1.82, 2.24) is 5.32 Å². The van der Waals surface area contributed by atoms with E-state index < -0.39 is 5.91 Å². The predicted molar refractivity (Wildman–Crippen MR) is 103 cm³/mol. The zero-order chi connectivity index (χ0) is 18.4. The number of phenolic OH excluding ortho intramolecular Hbond substituents is 1. The fourth-order valence-corrected chi connectivity index (χ4v) is 2.88. The Balaban J connectivity index is 1.85. The molecule has 0 fully saturated rings. The van der Waals surface area contributed by atoms with Crippen molar-refractivity contribution in [3.63, 3.8) is 0 Å². The molecular weight excluding hydrogens is 348 g/mol. The zero-order valence-electron chi connectivity index (χ0n) is 13.7. The molecule has 6 heteroatoms. The van der Waals surface area contributed by atoms with Crippen molar-refractivity contribution in [3.8, 4) is 5.75 Å². The molecule has 1 aromatic heterocycles. The van der Waals surface area contributed by atoms with Gasteiger partial charge in [0.05, 0.1) is 5.69 Å². The monoisotopic (exact) mass is 364 g/mol. The highest BCUT2D eigenvalue weighted by molar-refractivity contribution is 7.10. The quantitative estimate of drug-likeness (QED) is 0.475. The van der Waals surface area contributed by atoms with E-state index in [2.05, 4.69) is 10.6 Å². The van der Waals surface area contributed by atoms with Crippen LogP contribution in [0.25, 0.3) is 6.08 Å². The van der Waals surface area contributed by atoms with Gasteiger partial charge in [0.2, 0.25) is 0 Å². The molecule has 0 saturated carbocycles. The Morgan fingerprint density at radius 2 is 1.65 bits per heavy atom. The largest absolute Gasteiger partial charge is 0.506 e. The third-order valence-electron chi connectivity index (χ3n) is 3.51. The highest BCUT2D eigenvalue weighted by Gasteiger charge is 2.16. The van der Waals surface area contributed by atoms with Crippen LogP contribution in [0.4, 0.5) is 5.69 Å². The third kappa shape index (κ3) is 4.37. The molecule has 0 aliphatic heterocycles. The summed E-state index contributed by atoms with van der Waals surface area (Å²) in [7, 11) is 0. The second-order valence-corrected chi connectivity index (χ2v) is 6.34. The maximum Gasteiger partial charge on any atom is 0.272 e. The summed E-state index contributed by atoms with van der Waals surface area (Å²) in [5, 5.41) is 17.0. The third-order valence-corrected chi connectivity index (χ3v) is 4.33. The minimum atomic E-state index is -0.524. The maximum absolute atomic E-state index is 12.7. The van der Waals surface area contributed by atoms with Gasteiger partial charge in [-0.2, -0.15) is 0 Å². The average Bonchev–Trinajstić information content (AvgIpc) is 3.17. The van der Waals surface area contributed by atoms with E-state index in [1.165, 1.54) is 17.4 Å². The number of rotatable bonds is 5. The Bertz CT molecular complexity index is 935. The molecule has 0 aliphatic carbocycles. The molecule has 0 radical (unpaired) electrons. The summed E-state index contributed by atoms with van der Waals surface area (Å²) >= 11 is 1.44. The van der Waals surface area contributed by atoms with Crippen LogP contribution >= 0.6 is 11.3 Å². The number of thiophene rings is 1. The molecule has 1 heterocycles. The van der Waals surface area contributed by atoms with E-state index >= 15 is 0 Å². The number of benzene rings is 2. The van der Waals surface area contributed by atoms with Crippen LogP contribution in [0.1, 0.15) is 15.2 Å². The van der Waals surface area contributed by atoms with E-state index in [0.717, 1.165) is 4.88 Å². The van der Waals surface area contributed by atoms with Crippen molar-refractivity contribution in [3.05, 3.63) is 88.2 Å². The van der Waals surface area contributed by atoms with Crippen LogP contribution in [0.2, 0.25) is 0 Å². The number of carbonyl (C=O) groups excluding carboxylic acids is 2. The van der Waals surface area contributed by atoms with E-state index in [1.807, 2.05) is 23.6 Å². The number of hydrogen-bond acceptors (Lipinski definition) is 4. The lowest BCUT2D eigenvalue weighted by atomic mass is 10.2. The Morgan fingerprint density at radius 1 is 0.923 bits per heavy atom. The number of anilines is 1. The zero-order valence-corrected chi connectivity index (χ0v) is 14.5. The molecule has 0 atom stereocenters. The molecule has 0 saturated heterocycles. The summed E-state index contributed by atoms with van der Waals surface area (Å²) in [4.78, 5) is 25.9. The number of hydrogen-bond donors (Lipinski definition) is 3. The molecule has 2 aromatic carbocycles. The highest BCUT2D eigenvalue weighted by atomic mass is 32.1. The van der Waals surface area contributed by atoms with Crippen LogP contribution in [-0.2, 0) is 4.79 Å². The Kier molecular flexibility index (Phi) is 5.46. The first-order valence-corrected chi connectivity index (χ1v) is 8.72. The molecular formula is C20H16N2O3S. The van der Waals surface area contributed by atoms with E-state index in [-0.39, 0.29) is 23.0 Å². The number of phenols is 1. The van der Waals surface area contributed by atoms with Gasteiger partial charge in [-0.3, -0.25) is 9.59 Å². The van der Waals surface area contributed by atoms with Gasteiger partial charge < -0.3 is 15.7 Å². The Hall–Kier alpha value is -3.38. The van der Waals surface area contributed by atoms with Crippen molar-refractivity contribution < 1.29 is 14.7 Å². The molecule has 5 nitrogen and oxygen atoms in total. The summed E-state index contributed by atoms with van der Waals surface area (Å²) in [5.41, 5.74) is 0.799. The van der Waals surface area contributed by atoms with Crippen LogP contribution in [0.5, 0.6) is 5.75 Å². The summed E-state index contributed by atoms with van der Waals surface area (Å²) in [6, 6.07) is 18.7. The molecule has 3 rings (SSSR count). The van der Waals surface area contributed by atoms with E-state index in [0.29, 0.717) is 5.56 Å². The normalized spacial score (nSPS) is 11.0. The van der Waals surface area contributed by atoms with Gasteiger partial charge in [-0.15, -0.1) is 11.3 Å². The molecule has 0 aliphatic rings. The van der Waals surface area contributed by atoms with Crippen molar-refractivity contribution in [2.24, 2.45) is 0 Å². The number of nitrogens with one attached hydrogen (secondary N) is 2. The van der Waals surface area contributed by atoms with Crippen molar-refractivity contribution in [1.29, 1.82) is 0 Å². The molecule has 3 aromatic rings. The summed E-state index contributed by atoms with van der Waals surface area (Å²) in [6.07, 6.45) is 1.60. The first-order valence-electron chi connectivity index (χ1n) is 7.84. The summed E-state index contributed by atoms with van der Waals surface area (Å²) < 4.78 is 0. The predicted octanol–water partition coefficient (Wildman–Crippen LogP) is 3.86. The SMILES string of the molecule is O=C(Nc1ccccc1O)/C(=C\c1cccs1)NC(=O)c1ccccc1. The van der Waals surface area contributed by atoms with Crippen LogP contribution in [0.3, 0.4) is 0 Å². The first-order chi connectivity index (χ1) is 12.6. The molecule has 0 bridgehead atoms. The Morgan fingerprint density at radius 3 is 2.35 bits per heavy atom. The molecule has 26 heavy (non-hydrogen) atoms. The lowest BCUT2D eigenvalue weighted by Crippen LogP contribution is -2.30. The number of carbonyl (C=O) groups is 2. The fraction of sp³-hybridized carbons (Fsp3) is 0. The smallest absolute Gasteiger partial charge is 0.272 e. The van der Waals surface area contributed by atoms with Gasteiger partial charge in [-0.25, -0.2) is 0 Å². The second-order valence-electron chi connectivity index (χ2n) is 5.36. The van der Waals surface area contributed by atoms with Gasteiger partial charge in [0.15, 0.2) is 0 Å². The van der Waals surface area contributed by atoms with E-state index in [9.17, 15) is 14.7 Å². The van der Waals surface area contributed by atoms with Crippen molar-refractivity contribution >= 4 is 34.9 Å². The van der Waals surface area contributed by atoms with Crippen LogP contribution < -0.4 is 10.6 Å². The molecule has 0 spiro atoms. The van der Waals surface area contributed by atoms with Gasteiger partial charge in [0.1, 0.15) is 11.4 Å². The molecule has 3 N–H and O–H groups in total. The van der Waals surface area contributed by atoms with Gasteiger partial charge in [0.25, 0.3) is 11.8 Å². The maximum atomic E-state index is 12.7. The summed E-state index contributed by atoms with van der Waals surface area (Å²) in [5.74, 6) is -0.962. The van der Waals surface area contributed by atoms with Crippen molar-refractivity contribution in [2.75, 3.05) is 5.32 Å². The highest BCUT2D eigenvalue weighted by Crippen LogP contribution is 2.22. The van der Waals surface area contributed by atoms with Crippen LogP contribution in [0.15, 0.2) is 77.8 Å². The van der Waals surface area contributed by atoms with E-state index in [1.54, 1.807) is 48.5 Å². The van der Waals surface area contributed by atoms with Gasteiger partial charge >= 0.3 is 0 Å². The topological polar surface area (TPSA) is 78.4 Å². The van der Waals surface area contributed by atoms with Gasteiger partial charge in [-0.05, 0) is 41.8 Å². The molecule has 2 amide bonds. The number of aromatic hydroxyl groups is 1.